The lowest BCUT2D eigenvalue weighted by Crippen LogP contribution is -2.46. The quantitative estimate of drug-likeness (QED) is 0.446. The van der Waals surface area contributed by atoms with Crippen molar-refractivity contribution in [2.75, 3.05) is 13.2 Å². The van der Waals surface area contributed by atoms with E-state index in [4.69, 9.17) is 15.6 Å². The lowest BCUT2D eigenvalue weighted by atomic mass is 10.1. The van der Waals surface area contributed by atoms with E-state index in [0.29, 0.717) is 19.6 Å². The maximum absolute atomic E-state index is 14.3. The highest BCUT2D eigenvalue weighted by molar-refractivity contribution is 6.75. The first-order chi connectivity index (χ1) is 10.9. The van der Waals surface area contributed by atoms with E-state index >= 15 is 0 Å². The Bertz CT molecular complexity index is 373. The van der Waals surface area contributed by atoms with E-state index in [1.165, 1.54) is 0 Å². The molecule has 1 heterocycles. The predicted molar refractivity (Wildman–Crippen MR) is 94.4 cm³/mol. The summed E-state index contributed by atoms with van der Waals surface area (Å²) in [5, 5.41) is 9.99. The first kappa shape index (κ1) is 20.6. The molecule has 1 rings (SSSR count). The van der Waals surface area contributed by atoms with E-state index in [1.807, 2.05) is 0 Å². The van der Waals surface area contributed by atoms with Gasteiger partial charge in [-0.2, -0.15) is 0 Å². The molecule has 3 nitrogen and oxygen atoms in total. The highest BCUT2D eigenvalue weighted by Gasteiger charge is 2.49. The summed E-state index contributed by atoms with van der Waals surface area (Å²) in [5.41, 5.74) is -1.24. The molecule has 5 heteroatoms. The number of alkyl halides is 1. The number of halogens is 1. The van der Waals surface area contributed by atoms with Crippen molar-refractivity contribution in [2.24, 2.45) is 0 Å². The van der Waals surface area contributed by atoms with Crippen LogP contribution >= 0.6 is 0 Å². The third-order valence-electron chi connectivity index (χ3n) is 4.89. The molecule has 0 bridgehead atoms. The monoisotopic (exact) mass is 344 g/mol. The average molecular weight is 345 g/mol. The molecule has 1 fully saturated rings. The van der Waals surface area contributed by atoms with Crippen molar-refractivity contribution in [3.8, 4) is 12.3 Å². The van der Waals surface area contributed by atoms with Crippen LogP contribution in [0.25, 0.3) is 0 Å². The van der Waals surface area contributed by atoms with Gasteiger partial charge in [-0.25, -0.2) is 4.39 Å². The Hall–Kier alpha value is -0.413. The van der Waals surface area contributed by atoms with E-state index in [-0.39, 0.29) is 5.54 Å². The summed E-state index contributed by atoms with van der Waals surface area (Å²) in [6.07, 6.45) is 9.57. The Morgan fingerprint density at radius 1 is 1.35 bits per heavy atom. The number of hydrogen-bond donors (Lipinski definition) is 1. The van der Waals surface area contributed by atoms with Crippen molar-refractivity contribution in [1.82, 2.24) is 0 Å². The average Bonchev–Trinajstić information content (AvgIpc) is 2.96. The largest absolute Gasteiger partial charge is 0.416 e. The van der Waals surface area contributed by atoms with Crippen LogP contribution in [0.2, 0.25) is 17.6 Å². The van der Waals surface area contributed by atoms with E-state index in [0.717, 1.165) is 44.2 Å². The highest BCUT2D eigenvalue weighted by atomic mass is 28.4. The van der Waals surface area contributed by atoms with E-state index in [1.54, 1.807) is 6.92 Å². The van der Waals surface area contributed by atoms with E-state index in [9.17, 15) is 9.50 Å². The van der Waals surface area contributed by atoms with E-state index < -0.39 is 20.3 Å². The highest BCUT2D eigenvalue weighted by Crippen LogP contribution is 2.43. The summed E-state index contributed by atoms with van der Waals surface area (Å²) in [7, 11) is -2.26. The van der Waals surface area contributed by atoms with Gasteiger partial charge in [0.15, 0.2) is 0 Å². The second-order valence-electron chi connectivity index (χ2n) is 6.91. The fourth-order valence-electron chi connectivity index (χ4n) is 3.28. The van der Waals surface area contributed by atoms with Crippen LogP contribution in [0.1, 0.15) is 59.3 Å². The molecule has 0 amide bonds. The van der Waals surface area contributed by atoms with Crippen molar-refractivity contribution in [3.63, 3.8) is 0 Å². The summed E-state index contributed by atoms with van der Waals surface area (Å²) in [5.74, 6) is 2.38. The maximum atomic E-state index is 14.3. The predicted octanol–water partition coefficient (Wildman–Crippen LogP) is 4.41. The zero-order valence-corrected chi connectivity index (χ0v) is 15.9. The van der Waals surface area contributed by atoms with Crippen LogP contribution < -0.4 is 0 Å². The number of unbranched alkanes of at least 4 members (excludes halogenated alkanes) is 2. The lowest BCUT2D eigenvalue weighted by Gasteiger charge is -2.37. The molecule has 0 radical (unpaired) electrons. The number of rotatable bonds is 11. The zero-order valence-electron chi connectivity index (χ0n) is 14.9. The molecule has 1 saturated heterocycles. The minimum Gasteiger partial charge on any atom is -0.416 e. The topological polar surface area (TPSA) is 38.7 Å². The number of hydrogen-bond acceptors (Lipinski definition) is 3. The van der Waals surface area contributed by atoms with Crippen LogP contribution in [0, 0.1) is 12.3 Å². The summed E-state index contributed by atoms with van der Waals surface area (Å²) < 4.78 is 25.9. The van der Waals surface area contributed by atoms with Gasteiger partial charge < -0.3 is 14.3 Å². The second-order valence-corrected chi connectivity index (χ2v) is 11.1. The van der Waals surface area contributed by atoms with Gasteiger partial charge in [0.2, 0.25) is 14.7 Å². The molecule has 0 spiro atoms. The third-order valence-corrected chi connectivity index (χ3v) is 9.98. The van der Waals surface area contributed by atoms with Gasteiger partial charge in [0, 0.05) is 18.6 Å². The number of terminal acetylenes is 1. The molecule has 0 aromatic carbocycles. The molecule has 23 heavy (non-hydrogen) atoms. The van der Waals surface area contributed by atoms with Crippen molar-refractivity contribution in [3.05, 3.63) is 0 Å². The van der Waals surface area contributed by atoms with Gasteiger partial charge in [-0.1, -0.05) is 45.5 Å². The molecule has 1 N–H and O–H groups in total. The smallest absolute Gasteiger partial charge is 0.201 e. The number of ether oxygens (including phenoxy) is 1. The Kier molecular flexibility index (Phi) is 8.77. The van der Waals surface area contributed by atoms with Crippen LogP contribution in [0.3, 0.4) is 0 Å². The standard InChI is InChI=1S/C18H33FO3Si/c1-5-8-14-23(15-9-6-2,16-10-12-21-17(16)19)22-13-11-18(4,20)7-3/h3,16-17,20H,5-6,8-15H2,1-2,4H3. The minimum atomic E-state index is -2.26. The van der Waals surface area contributed by atoms with Gasteiger partial charge in [-0.15, -0.1) is 6.42 Å². The molecule has 134 valence electrons. The molecular weight excluding hydrogens is 311 g/mol. The SMILES string of the molecule is C#CC(C)(O)CCO[Si](CCCC)(CCCC)C1CCOC1F. The summed E-state index contributed by atoms with van der Waals surface area (Å²) in [4.78, 5) is 0. The first-order valence-corrected chi connectivity index (χ1v) is 11.4. The van der Waals surface area contributed by atoms with Crippen molar-refractivity contribution >= 4 is 8.32 Å². The van der Waals surface area contributed by atoms with Gasteiger partial charge in [0.1, 0.15) is 5.60 Å². The van der Waals surface area contributed by atoms with Crippen LogP contribution in [-0.2, 0) is 9.16 Å². The molecule has 0 aromatic rings. The van der Waals surface area contributed by atoms with Gasteiger partial charge in [-0.3, -0.25) is 0 Å². The Morgan fingerprint density at radius 3 is 2.39 bits per heavy atom. The zero-order chi connectivity index (χ0) is 17.3. The summed E-state index contributed by atoms with van der Waals surface area (Å²) in [6.45, 7) is 6.82. The first-order valence-electron chi connectivity index (χ1n) is 9.00. The summed E-state index contributed by atoms with van der Waals surface area (Å²) >= 11 is 0. The van der Waals surface area contributed by atoms with Gasteiger partial charge >= 0.3 is 0 Å². The normalized spacial score (nSPS) is 24.3. The Labute approximate surface area is 142 Å². The van der Waals surface area contributed by atoms with Crippen LogP contribution in [-0.4, -0.2) is 38.6 Å². The molecule has 1 aliphatic rings. The van der Waals surface area contributed by atoms with E-state index in [2.05, 4.69) is 19.8 Å². The fourth-order valence-corrected chi connectivity index (χ4v) is 8.41. The second kappa shape index (κ2) is 9.78. The lowest BCUT2D eigenvalue weighted by molar-refractivity contribution is 0.00510. The minimum absolute atomic E-state index is 0.0867. The Balaban J connectivity index is 2.84. The van der Waals surface area contributed by atoms with Gasteiger partial charge in [0.25, 0.3) is 0 Å². The third kappa shape index (κ3) is 6.19. The molecule has 0 aromatic heterocycles. The molecular formula is C18H33FO3Si. The van der Waals surface area contributed by atoms with Crippen LogP contribution in [0.15, 0.2) is 0 Å². The summed E-state index contributed by atoms with van der Waals surface area (Å²) in [6, 6.07) is 1.94. The van der Waals surface area contributed by atoms with Gasteiger partial charge in [0.05, 0.1) is 6.61 Å². The molecule has 0 saturated carbocycles. The van der Waals surface area contributed by atoms with Crippen LogP contribution in [0.4, 0.5) is 4.39 Å². The Morgan fingerprint density at radius 2 is 1.96 bits per heavy atom. The molecule has 0 aliphatic carbocycles. The maximum Gasteiger partial charge on any atom is 0.201 e. The molecule has 1 aliphatic heterocycles. The fraction of sp³-hybridized carbons (Fsp3) is 0.889. The van der Waals surface area contributed by atoms with Crippen molar-refractivity contribution in [2.45, 2.75) is 88.9 Å². The van der Waals surface area contributed by atoms with Crippen molar-refractivity contribution in [1.29, 1.82) is 0 Å². The number of aliphatic hydroxyl groups is 1. The van der Waals surface area contributed by atoms with Gasteiger partial charge in [-0.05, 0) is 25.4 Å². The van der Waals surface area contributed by atoms with Crippen LogP contribution in [0.5, 0.6) is 0 Å². The molecule has 3 unspecified atom stereocenters. The van der Waals surface area contributed by atoms with Crippen molar-refractivity contribution < 1.29 is 18.7 Å². The molecule has 3 atom stereocenters.